The van der Waals surface area contributed by atoms with Crippen LogP contribution < -0.4 is 24.6 Å². The number of nitrogens with one attached hydrogen (secondary N) is 1. The van der Waals surface area contributed by atoms with Crippen molar-refractivity contribution in [3.63, 3.8) is 0 Å². The molecule has 1 N–H and O–H groups in total. The fraction of sp³-hybridized carbons (Fsp3) is 0.290. The lowest BCUT2D eigenvalue weighted by molar-refractivity contribution is -0.116. The quantitative estimate of drug-likeness (QED) is 0.428. The van der Waals surface area contributed by atoms with Crippen LogP contribution in [0.2, 0.25) is 0 Å². The average molecular weight is 510 g/mol. The van der Waals surface area contributed by atoms with E-state index in [1.165, 1.54) is 0 Å². The van der Waals surface area contributed by atoms with E-state index >= 15 is 0 Å². The predicted molar refractivity (Wildman–Crippen MR) is 148 cm³/mol. The Morgan fingerprint density at radius 1 is 1.00 bits per heavy atom. The number of allylic oxidation sites excluding steroid dienone is 1. The van der Waals surface area contributed by atoms with Crippen molar-refractivity contribution in [3.05, 3.63) is 89.1 Å². The van der Waals surface area contributed by atoms with Gasteiger partial charge in [0.25, 0.3) is 0 Å². The number of para-hydroxylation sites is 2. The molecule has 38 heavy (non-hydrogen) atoms. The zero-order valence-corrected chi connectivity index (χ0v) is 21.9. The largest absolute Gasteiger partial charge is 0.497 e. The van der Waals surface area contributed by atoms with Gasteiger partial charge in [0.15, 0.2) is 5.78 Å². The highest BCUT2D eigenvalue weighted by Gasteiger charge is 2.45. The van der Waals surface area contributed by atoms with E-state index < -0.39 is 12.1 Å². The summed E-state index contributed by atoms with van der Waals surface area (Å²) in [5.41, 5.74) is 5.88. The van der Waals surface area contributed by atoms with Crippen LogP contribution >= 0.6 is 0 Å². The van der Waals surface area contributed by atoms with Crippen LogP contribution in [0.3, 0.4) is 0 Å². The van der Waals surface area contributed by atoms with E-state index in [0.717, 1.165) is 47.0 Å². The van der Waals surface area contributed by atoms with Gasteiger partial charge in [-0.25, -0.2) is 4.79 Å². The van der Waals surface area contributed by atoms with Crippen molar-refractivity contribution >= 4 is 28.9 Å². The second-order valence-corrected chi connectivity index (χ2v) is 9.87. The Kier molecular flexibility index (Phi) is 6.06. The Labute approximate surface area is 222 Å². The molecule has 0 radical (unpaired) electrons. The summed E-state index contributed by atoms with van der Waals surface area (Å²) >= 11 is 0. The van der Waals surface area contributed by atoms with E-state index in [1.54, 1.807) is 12.0 Å². The molecule has 0 aromatic heterocycles. The summed E-state index contributed by atoms with van der Waals surface area (Å²) in [4.78, 5) is 31.4. The number of amides is 1. The van der Waals surface area contributed by atoms with E-state index in [4.69, 9.17) is 9.47 Å². The van der Waals surface area contributed by atoms with Gasteiger partial charge in [-0.3, -0.25) is 9.69 Å². The molecule has 2 aliphatic heterocycles. The predicted octanol–water partition coefficient (Wildman–Crippen LogP) is 6.43. The minimum Gasteiger partial charge on any atom is -0.497 e. The van der Waals surface area contributed by atoms with Gasteiger partial charge in [0, 0.05) is 48.1 Å². The zero-order chi connectivity index (χ0) is 26.4. The number of hydrogen-bond donors (Lipinski definition) is 1. The maximum atomic E-state index is 14.0. The molecule has 0 spiro atoms. The fourth-order valence-corrected chi connectivity index (χ4v) is 5.96. The molecule has 3 aromatic carbocycles. The highest BCUT2D eigenvalue weighted by molar-refractivity contribution is 6.06. The minimum absolute atomic E-state index is 0.0263. The van der Waals surface area contributed by atoms with Gasteiger partial charge in [0.2, 0.25) is 0 Å². The normalized spacial score (nSPS) is 19.8. The molecule has 3 aliphatic rings. The van der Waals surface area contributed by atoms with Gasteiger partial charge in [0.05, 0.1) is 24.5 Å². The molecule has 0 saturated carbocycles. The number of fused-ring (bicyclic) bond motifs is 6. The highest BCUT2D eigenvalue weighted by Crippen LogP contribution is 2.51. The van der Waals surface area contributed by atoms with Gasteiger partial charge in [0.1, 0.15) is 11.5 Å². The Bertz CT molecular complexity index is 1440. The molecule has 1 aliphatic carbocycles. The second kappa shape index (κ2) is 9.56. The molecule has 1 amide bonds. The number of carbonyl (C=O) groups excluding carboxylic acids is 2. The monoisotopic (exact) mass is 509 g/mol. The number of carbonyl (C=O) groups is 2. The van der Waals surface area contributed by atoms with Crippen LogP contribution in [-0.4, -0.2) is 32.1 Å². The van der Waals surface area contributed by atoms with Gasteiger partial charge in [-0.2, -0.15) is 0 Å². The zero-order valence-electron chi connectivity index (χ0n) is 21.9. The van der Waals surface area contributed by atoms with Crippen LogP contribution in [0.15, 0.2) is 78.0 Å². The van der Waals surface area contributed by atoms with Crippen molar-refractivity contribution in [1.29, 1.82) is 0 Å². The number of Topliss-reactive ketones (excluding diaryl/α,β-unsaturated/α-hetero) is 1. The molecule has 2 heterocycles. The third-order valence-electron chi connectivity index (χ3n) is 7.89. The Morgan fingerprint density at radius 3 is 2.50 bits per heavy atom. The number of benzene rings is 3. The average Bonchev–Trinajstić information content (AvgIpc) is 3.09. The van der Waals surface area contributed by atoms with Crippen molar-refractivity contribution < 1.29 is 19.1 Å². The number of hydrogen-bond acceptors (Lipinski definition) is 6. The van der Waals surface area contributed by atoms with Crippen LogP contribution in [0.4, 0.5) is 21.9 Å². The first-order valence-corrected chi connectivity index (χ1v) is 13.2. The molecule has 0 fully saturated rings. The lowest BCUT2D eigenvalue weighted by Gasteiger charge is -2.38. The lowest BCUT2D eigenvalue weighted by Crippen LogP contribution is -2.43. The van der Waals surface area contributed by atoms with Crippen LogP contribution in [-0.2, 0) is 4.79 Å². The molecular weight excluding hydrogens is 478 g/mol. The topological polar surface area (TPSA) is 71.1 Å². The molecule has 7 nitrogen and oxygen atoms in total. The third-order valence-corrected chi connectivity index (χ3v) is 7.89. The Balaban J connectivity index is 1.49. The maximum absolute atomic E-state index is 14.0. The van der Waals surface area contributed by atoms with Crippen LogP contribution in [0.5, 0.6) is 11.5 Å². The van der Waals surface area contributed by atoms with E-state index in [0.29, 0.717) is 29.9 Å². The molecule has 194 valence electrons. The van der Waals surface area contributed by atoms with E-state index in [1.807, 2.05) is 60.7 Å². The van der Waals surface area contributed by atoms with E-state index in [2.05, 4.69) is 30.1 Å². The third kappa shape index (κ3) is 3.90. The second-order valence-electron chi connectivity index (χ2n) is 9.87. The lowest BCUT2D eigenvalue weighted by atomic mass is 9.78. The standard InChI is InChI=1S/C31H31N3O4/c1-4-33(5-2)21-12-15-23-28(18-21)38-31(36)34-26-9-7-6-8-24(26)32-25-16-20(17-27(35)29(25)30(23)34)19-10-13-22(37-3)14-11-19/h6-15,18,20,30,32H,4-5,16-17H2,1-3H3. The molecular formula is C31H31N3O4. The number of anilines is 3. The van der Waals surface area contributed by atoms with Crippen molar-refractivity contribution in [2.24, 2.45) is 0 Å². The minimum atomic E-state index is -0.563. The summed E-state index contributed by atoms with van der Waals surface area (Å²) in [6, 6.07) is 21.0. The summed E-state index contributed by atoms with van der Waals surface area (Å²) in [5, 5.41) is 3.55. The first kappa shape index (κ1) is 24.1. The Morgan fingerprint density at radius 2 is 1.76 bits per heavy atom. The molecule has 3 aromatic rings. The Hall–Kier alpha value is -4.26. The highest BCUT2D eigenvalue weighted by atomic mass is 16.6. The number of rotatable bonds is 5. The van der Waals surface area contributed by atoms with Gasteiger partial charge >= 0.3 is 6.09 Å². The number of ether oxygens (including phenoxy) is 2. The van der Waals surface area contributed by atoms with Crippen molar-refractivity contribution in [2.75, 3.05) is 35.3 Å². The van der Waals surface area contributed by atoms with Crippen molar-refractivity contribution in [1.82, 2.24) is 0 Å². The van der Waals surface area contributed by atoms with Gasteiger partial charge < -0.3 is 19.7 Å². The maximum Gasteiger partial charge on any atom is 0.420 e. The summed E-state index contributed by atoms with van der Waals surface area (Å²) in [7, 11) is 1.65. The summed E-state index contributed by atoms with van der Waals surface area (Å²) in [5.74, 6) is 1.36. The van der Waals surface area contributed by atoms with Crippen LogP contribution in [0, 0.1) is 0 Å². The summed E-state index contributed by atoms with van der Waals surface area (Å²) < 4.78 is 11.2. The number of methoxy groups -OCH3 is 1. The number of nitrogens with zero attached hydrogens (tertiary/aromatic N) is 2. The summed E-state index contributed by atoms with van der Waals surface area (Å²) in [6.07, 6.45) is 0.552. The van der Waals surface area contributed by atoms with E-state index in [-0.39, 0.29) is 11.7 Å². The van der Waals surface area contributed by atoms with Crippen molar-refractivity contribution in [3.8, 4) is 11.5 Å². The number of ketones is 1. The van der Waals surface area contributed by atoms with Crippen LogP contribution in [0.25, 0.3) is 0 Å². The molecule has 2 unspecified atom stereocenters. The van der Waals surface area contributed by atoms with Gasteiger partial charge in [-0.15, -0.1) is 0 Å². The molecule has 0 bridgehead atoms. The van der Waals surface area contributed by atoms with Gasteiger partial charge in [-0.1, -0.05) is 30.3 Å². The van der Waals surface area contributed by atoms with Crippen LogP contribution in [0.1, 0.15) is 49.8 Å². The first-order valence-electron chi connectivity index (χ1n) is 13.2. The first-order chi connectivity index (χ1) is 18.5. The molecule has 6 rings (SSSR count). The summed E-state index contributed by atoms with van der Waals surface area (Å²) in [6.45, 7) is 5.89. The van der Waals surface area contributed by atoms with Crippen molar-refractivity contribution in [2.45, 2.75) is 38.6 Å². The molecule has 2 atom stereocenters. The fourth-order valence-electron chi connectivity index (χ4n) is 5.96. The molecule has 0 saturated heterocycles. The SMILES string of the molecule is CCN(CC)c1ccc2c(c1)OC(=O)N1c3ccccc3NC3=C(C(=O)CC(c4ccc(OC)cc4)C3)C21. The smallest absolute Gasteiger partial charge is 0.420 e. The van der Waals surface area contributed by atoms with E-state index in [9.17, 15) is 9.59 Å². The van der Waals surface area contributed by atoms with Gasteiger partial charge in [-0.05, 0) is 62.1 Å². The molecule has 7 heteroatoms.